The van der Waals surface area contributed by atoms with E-state index in [1.165, 1.54) is 32.1 Å². The van der Waals surface area contributed by atoms with Gasteiger partial charge in [-0.1, -0.05) is 45.1 Å². The second-order valence-corrected chi connectivity index (χ2v) is 5.39. The van der Waals surface area contributed by atoms with Crippen LogP contribution in [0.2, 0.25) is 0 Å². The molecule has 1 rings (SSSR count). The standard InChI is InChI=1S/C15H23BrO2/c1-2-3-4-5-6-7-10-18-15-9-8-13(12-17)11-14(15)16/h8-9,11,17H,2-7,10,12H2,1H3. The Morgan fingerprint density at radius 1 is 1.11 bits per heavy atom. The molecule has 0 spiro atoms. The van der Waals surface area contributed by atoms with Crippen LogP contribution in [0, 0.1) is 0 Å². The van der Waals surface area contributed by atoms with Crippen LogP contribution in [-0.4, -0.2) is 11.7 Å². The number of hydrogen-bond donors (Lipinski definition) is 1. The van der Waals surface area contributed by atoms with Crippen LogP contribution < -0.4 is 4.74 Å². The quantitative estimate of drug-likeness (QED) is 0.670. The van der Waals surface area contributed by atoms with Crippen molar-refractivity contribution >= 4 is 15.9 Å². The summed E-state index contributed by atoms with van der Waals surface area (Å²) in [6.45, 7) is 3.07. The minimum atomic E-state index is 0.0658. The molecule has 0 aromatic heterocycles. The van der Waals surface area contributed by atoms with Crippen LogP contribution in [-0.2, 0) is 6.61 Å². The third-order valence-electron chi connectivity index (χ3n) is 2.93. The normalized spacial score (nSPS) is 10.6. The Morgan fingerprint density at radius 3 is 2.50 bits per heavy atom. The molecule has 0 heterocycles. The molecule has 3 heteroatoms. The van der Waals surface area contributed by atoms with Gasteiger partial charge in [0.15, 0.2) is 0 Å². The summed E-state index contributed by atoms with van der Waals surface area (Å²) >= 11 is 3.46. The lowest BCUT2D eigenvalue weighted by atomic mass is 10.1. The van der Waals surface area contributed by atoms with E-state index >= 15 is 0 Å². The van der Waals surface area contributed by atoms with Crippen molar-refractivity contribution in [3.8, 4) is 5.75 Å². The summed E-state index contributed by atoms with van der Waals surface area (Å²) in [4.78, 5) is 0. The zero-order valence-electron chi connectivity index (χ0n) is 11.1. The number of aliphatic hydroxyl groups is 1. The van der Waals surface area contributed by atoms with Gasteiger partial charge in [0.05, 0.1) is 17.7 Å². The van der Waals surface area contributed by atoms with E-state index in [4.69, 9.17) is 9.84 Å². The molecule has 1 aromatic carbocycles. The molecule has 1 aromatic rings. The second kappa shape index (κ2) is 9.40. The van der Waals surface area contributed by atoms with Crippen LogP contribution in [0.1, 0.15) is 51.0 Å². The summed E-state index contributed by atoms with van der Waals surface area (Å²) in [6.07, 6.45) is 7.63. The molecule has 0 radical (unpaired) electrons. The summed E-state index contributed by atoms with van der Waals surface area (Å²) in [7, 11) is 0. The van der Waals surface area contributed by atoms with Crippen LogP contribution >= 0.6 is 15.9 Å². The van der Waals surface area contributed by atoms with Crippen molar-refractivity contribution in [3.05, 3.63) is 28.2 Å². The highest BCUT2D eigenvalue weighted by atomic mass is 79.9. The molecule has 0 aliphatic carbocycles. The minimum Gasteiger partial charge on any atom is -0.492 e. The average molecular weight is 315 g/mol. The highest BCUT2D eigenvalue weighted by Crippen LogP contribution is 2.26. The van der Waals surface area contributed by atoms with Crippen molar-refractivity contribution < 1.29 is 9.84 Å². The van der Waals surface area contributed by atoms with Crippen LogP contribution in [0.5, 0.6) is 5.75 Å². The van der Waals surface area contributed by atoms with E-state index in [2.05, 4.69) is 22.9 Å². The summed E-state index contributed by atoms with van der Waals surface area (Å²) in [5, 5.41) is 9.01. The van der Waals surface area contributed by atoms with Crippen LogP contribution in [0.4, 0.5) is 0 Å². The highest BCUT2D eigenvalue weighted by molar-refractivity contribution is 9.10. The van der Waals surface area contributed by atoms with Crippen molar-refractivity contribution in [1.29, 1.82) is 0 Å². The fourth-order valence-electron chi connectivity index (χ4n) is 1.82. The first-order valence-electron chi connectivity index (χ1n) is 6.80. The Morgan fingerprint density at radius 2 is 1.83 bits per heavy atom. The zero-order valence-corrected chi connectivity index (χ0v) is 12.7. The van der Waals surface area contributed by atoms with Gasteiger partial charge >= 0.3 is 0 Å². The maximum absolute atomic E-state index is 9.01. The molecule has 18 heavy (non-hydrogen) atoms. The smallest absolute Gasteiger partial charge is 0.133 e. The number of unbranched alkanes of at least 4 members (excludes halogenated alkanes) is 5. The number of benzene rings is 1. The van der Waals surface area contributed by atoms with Crippen molar-refractivity contribution in [2.45, 2.75) is 52.1 Å². The van der Waals surface area contributed by atoms with Crippen molar-refractivity contribution in [2.24, 2.45) is 0 Å². The van der Waals surface area contributed by atoms with Gasteiger partial charge in [0.1, 0.15) is 5.75 Å². The number of ether oxygens (including phenoxy) is 1. The molecular weight excluding hydrogens is 292 g/mol. The molecule has 0 aliphatic rings. The Balaban J connectivity index is 2.19. The predicted octanol–water partition coefficient (Wildman–Crippen LogP) is 4.68. The predicted molar refractivity (Wildman–Crippen MR) is 78.9 cm³/mol. The van der Waals surface area contributed by atoms with Gasteiger partial charge in [-0.25, -0.2) is 0 Å². The molecule has 0 bridgehead atoms. The minimum absolute atomic E-state index is 0.0658. The van der Waals surface area contributed by atoms with Crippen LogP contribution in [0.25, 0.3) is 0 Å². The van der Waals surface area contributed by atoms with E-state index < -0.39 is 0 Å². The first-order chi connectivity index (χ1) is 8.77. The highest BCUT2D eigenvalue weighted by Gasteiger charge is 2.02. The van der Waals surface area contributed by atoms with Gasteiger partial charge in [-0.2, -0.15) is 0 Å². The molecule has 0 amide bonds. The summed E-state index contributed by atoms with van der Waals surface area (Å²) < 4.78 is 6.63. The van der Waals surface area contributed by atoms with Gasteiger partial charge in [0.2, 0.25) is 0 Å². The number of halogens is 1. The Hall–Kier alpha value is -0.540. The van der Waals surface area contributed by atoms with E-state index in [1.54, 1.807) is 0 Å². The summed E-state index contributed by atoms with van der Waals surface area (Å²) in [6, 6.07) is 5.70. The topological polar surface area (TPSA) is 29.5 Å². The lowest BCUT2D eigenvalue weighted by molar-refractivity contribution is 0.280. The summed E-state index contributed by atoms with van der Waals surface area (Å²) in [5.74, 6) is 0.862. The van der Waals surface area contributed by atoms with Gasteiger partial charge in [-0.15, -0.1) is 0 Å². The van der Waals surface area contributed by atoms with Gasteiger partial charge in [-0.05, 0) is 40.0 Å². The van der Waals surface area contributed by atoms with Crippen LogP contribution in [0.15, 0.2) is 22.7 Å². The maximum Gasteiger partial charge on any atom is 0.133 e. The first-order valence-corrected chi connectivity index (χ1v) is 7.59. The van der Waals surface area contributed by atoms with Crippen molar-refractivity contribution in [1.82, 2.24) is 0 Å². The molecule has 2 nitrogen and oxygen atoms in total. The SMILES string of the molecule is CCCCCCCCOc1ccc(CO)cc1Br. The second-order valence-electron chi connectivity index (χ2n) is 4.54. The van der Waals surface area contributed by atoms with E-state index in [1.807, 2.05) is 18.2 Å². The number of hydrogen-bond acceptors (Lipinski definition) is 2. The average Bonchev–Trinajstić information content (AvgIpc) is 2.39. The van der Waals surface area contributed by atoms with E-state index in [0.29, 0.717) is 0 Å². The van der Waals surface area contributed by atoms with Crippen molar-refractivity contribution in [3.63, 3.8) is 0 Å². The third-order valence-corrected chi connectivity index (χ3v) is 3.55. The molecular formula is C15H23BrO2. The Labute approximate surface area is 118 Å². The molecule has 102 valence electrons. The van der Waals surface area contributed by atoms with Gasteiger partial charge in [0.25, 0.3) is 0 Å². The molecule has 0 fully saturated rings. The number of rotatable bonds is 9. The number of aliphatic hydroxyl groups excluding tert-OH is 1. The third kappa shape index (κ3) is 5.87. The molecule has 0 saturated heterocycles. The van der Waals surface area contributed by atoms with Gasteiger partial charge in [0, 0.05) is 0 Å². The molecule has 0 atom stereocenters. The first kappa shape index (κ1) is 15.5. The van der Waals surface area contributed by atoms with E-state index in [9.17, 15) is 0 Å². The summed E-state index contributed by atoms with van der Waals surface area (Å²) in [5.41, 5.74) is 0.897. The fraction of sp³-hybridized carbons (Fsp3) is 0.600. The monoisotopic (exact) mass is 314 g/mol. The largest absolute Gasteiger partial charge is 0.492 e. The van der Waals surface area contributed by atoms with E-state index in [-0.39, 0.29) is 6.61 Å². The Bertz CT molecular complexity index is 339. The molecule has 0 saturated carbocycles. The molecule has 1 N–H and O–H groups in total. The molecule has 0 unspecified atom stereocenters. The fourth-order valence-corrected chi connectivity index (χ4v) is 2.36. The van der Waals surface area contributed by atoms with Gasteiger partial charge < -0.3 is 9.84 Å². The van der Waals surface area contributed by atoms with Crippen molar-refractivity contribution in [2.75, 3.05) is 6.61 Å². The van der Waals surface area contributed by atoms with E-state index in [0.717, 1.165) is 28.8 Å². The lowest BCUT2D eigenvalue weighted by Crippen LogP contribution is -1.98. The Kier molecular flexibility index (Phi) is 8.10. The van der Waals surface area contributed by atoms with Gasteiger partial charge in [-0.3, -0.25) is 0 Å². The van der Waals surface area contributed by atoms with Crippen LogP contribution in [0.3, 0.4) is 0 Å². The lowest BCUT2D eigenvalue weighted by Gasteiger charge is -2.09. The molecule has 0 aliphatic heterocycles. The zero-order chi connectivity index (χ0) is 13.2. The maximum atomic E-state index is 9.01.